The molecular weight excluding hydrogens is 302 g/mol. The van der Waals surface area contributed by atoms with Gasteiger partial charge < -0.3 is 10.4 Å². The van der Waals surface area contributed by atoms with E-state index in [1.807, 2.05) is 26.0 Å². The van der Waals surface area contributed by atoms with Gasteiger partial charge in [0.15, 0.2) is 5.78 Å². The number of rotatable bonds is 7. The van der Waals surface area contributed by atoms with E-state index >= 15 is 0 Å². The van der Waals surface area contributed by atoms with E-state index in [1.54, 1.807) is 36.4 Å². The average Bonchev–Trinajstić information content (AvgIpc) is 2.61. The lowest BCUT2D eigenvalue weighted by Gasteiger charge is -2.11. The average molecular weight is 325 g/mol. The number of benzene rings is 2. The lowest BCUT2D eigenvalue weighted by Crippen LogP contribution is -2.28. The van der Waals surface area contributed by atoms with Crippen molar-refractivity contribution in [3.05, 3.63) is 70.8 Å². The van der Waals surface area contributed by atoms with Crippen LogP contribution in [0.1, 0.15) is 51.6 Å². The van der Waals surface area contributed by atoms with Gasteiger partial charge in [-0.25, -0.2) is 0 Å². The van der Waals surface area contributed by atoms with Gasteiger partial charge in [-0.15, -0.1) is 0 Å². The van der Waals surface area contributed by atoms with Gasteiger partial charge in [0.25, 0.3) is 5.91 Å². The van der Waals surface area contributed by atoms with E-state index in [1.165, 1.54) is 0 Å². The van der Waals surface area contributed by atoms with Crippen LogP contribution in [0.5, 0.6) is 0 Å². The Bertz CT molecular complexity index is 707. The Balaban J connectivity index is 2.16. The van der Waals surface area contributed by atoms with Gasteiger partial charge in [-0.1, -0.05) is 55.0 Å². The van der Waals surface area contributed by atoms with Crippen molar-refractivity contribution in [3.8, 4) is 0 Å². The molecule has 0 heterocycles. The number of carbonyl (C=O) groups is 2. The fourth-order valence-corrected chi connectivity index (χ4v) is 2.39. The van der Waals surface area contributed by atoms with Crippen molar-refractivity contribution in [2.24, 2.45) is 0 Å². The fraction of sp³-hybridized carbons (Fsp3) is 0.300. The van der Waals surface area contributed by atoms with Crippen LogP contribution in [0.25, 0.3) is 0 Å². The molecule has 0 saturated carbocycles. The number of hydrogen-bond acceptors (Lipinski definition) is 3. The molecule has 1 amide bonds. The highest BCUT2D eigenvalue weighted by Gasteiger charge is 2.17. The summed E-state index contributed by atoms with van der Waals surface area (Å²) >= 11 is 0. The van der Waals surface area contributed by atoms with E-state index < -0.39 is 6.10 Å². The minimum absolute atomic E-state index is 0.172. The Morgan fingerprint density at radius 1 is 1.04 bits per heavy atom. The first-order chi connectivity index (χ1) is 11.5. The SMILES string of the molecule is CCC(O)CCNC(=O)c1ccccc1C(=O)c1ccc(C)cc1. The van der Waals surface area contributed by atoms with Crippen LogP contribution in [-0.4, -0.2) is 29.4 Å². The summed E-state index contributed by atoms with van der Waals surface area (Å²) in [5.74, 6) is -0.469. The number of aliphatic hydroxyl groups is 1. The maximum Gasteiger partial charge on any atom is 0.252 e. The minimum atomic E-state index is -0.422. The highest BCUT2D eigenvalue weighted by atomic mass is 16.3. The second-order valence-electron chi connectivity index (χ2n) is 5.85. The van der Waals surface area contributed by atoms with Crippen LogP contribution < -0.4 is 5.32 Å². The summed E-state index contributed by atoms with van der Waals surface area (Å²) in [6.45, 7) is 4.23. The van der Waals surface area contributed by atoms with E-state index in [4.69, 9.17) is 0 Å². The number of aliphatic hydroxyl groups excluding tert-OH is 1. The van der Waals surface area contributed by atoms with Crippen LogP contribution in [0, 0.1) is 6.92 Å². The van der Waals surface area contributed by atoms with Gasteiger partial charge >= 0.3 is 0 Å². The van der Waals surface area contributed by atoms with Crippen molar-refractivity contribution < 1.29 is 14.7 Å². The van der Waals surface area contributed by atoms with Gasteiger partial charge in [0.1, 0.15) is 0 Å². The molecule has 24 heavy (non-hydrogen) atoms. The summed E-state index contributed by atoms with van der Waals surface area (Å²) in [6.07, 6.45) is 0.726. The largest absolute Gasteiger partial charge is 0.393 e. The molecule has 2 rings (SSSR count). The molecular formula is C20H23NO3. The summed E-state index contributed by atoms with van der Waals surface area (Å²) in [5.41, 5.74) is 2.37. The standard InChI is InChI=1S/C20H23NO3/c1-3-16(22)12-13-21-20(24)18-7-5-4-6-17(18)19(23)15-10-8-14(2)9-11-15/h4-11,16,22H,3,12-13H2,1-2H3,(H,21,24). The van der Waals surface area contributed by atoms with Gasteiger partial charge in [0, 0.05) is 17.7 Å². The first-order valence-electron chi connectivity index (χ1n) is 8.19. The second-order valence-corrected chi connectivity index (χ2v) is 5.85. The predicted molar refractivity (Wildman–Crippen MR) is 94.3 cm³/mol. The molecule has 0 aromatic heterocycles. The van der Waals surface area contributed by atoms with Crippen LogP contribution in [0.3, 0.4) is 0 Å². The van der Waals surface area contributed by atoms with Crippen LogP contribution in [0.2, 0.25) is 0 Å². The minimum Gasteiger partial charge on any atom is -0.393 e. The molecule has 0 saturated heterocycles. The normalized spacial score (nSPS) is 11.8. The molecule has 4 nitrogen and oxygen atoms in total. The first-order valence-corrected chi connectivity index (χ1v) is 8.19. The Morgan fingerprint density at radius 3 is 2.29 bits per heavy atom. The number of amides is 1. The monoisotopic (exact) mass is 325 g/mol. The molecule has 0 aliphatic rings. The molecule has 0 bridgehead atoms. The topological polar surface area (TPSA) is 66.4 Å². The number of aryl methyl sites for hydroxylation is 1. The van der Waals surface area contributed by atoms with Gasteiger partial charge in [-0.2, -0.15) is 0 Å². The lowest BCUT2D eigenvalue weighted by molar-refractivity contribution is 0.0931. The zero-order valence-corrected chi connectivity index (χ0v) is 14.1. The maximum atomic E-state index is 12.7. The Kier molecular flexibility index (Phi) is 6.27. The third-order valence-corrected chi connectivity index (χ3v) is 3.96. The molecule has 0 fully saturated rings. The van der Waals surface area contributed by atoms with Crippen molar-refractivity contribution in [1.82, 2.24) is 5.32 Å². The van der Waals surface area contributed by atoms with Gasteiger partial charge in [-0.3, -0.25) is 9.59 Å². The highest BCUT2D eigenvalue weighted by molar-refractivity contribution is 6.15. The maximum absolute atomic E-state index is 12.7. The Morgan fingerprint density at radius 2 is 1.67 bits per heavy atom. The third kappa shape index (κ3) is 4.52. The number of ketones is 1. The van der Waals surface area contributed by atoms with Crippen molar-refractivity contribution in [3.63, 3.8) is 0 Å². The van der Waals surface area contributed by atoms with Crippen molar-refractivity contribution >= 4 is 11.7 Å². The molecule has 4 heteroatoms. The molecule has 0 aliphatic carbocycles. The van der Waals surface area contributed by atoms with E-state index in [2.05, 4.69) is 5.32 Å². The van der Waals surface area contributed by atoms with Crippen LogP contribution >= 0.6 is 0 Å². The molecule has 0 aliphatic heterocycles. The molecule has 126 valence electrons. The second kappa shape index (κ2) is 8.41. The smallest absolute Gasteiger partial charge is 0.252 e. The zero-order valence-electron chi connectivity index (χ0n) is 14.1. The van der Waals surface area contributed by atoms with Crippen molar-refractivity contribution in [2.45, 2.75) is 32.8 Å². The zero-order chi connectivity index (χ0) is 17.5. The third-order valence-electron chi connectivity index (χ3n) is 3.96. The molecule has 0 radical (unpaired) electrons. The van der Waals surface area contributed by atoms with Crippen LogP contribution in [-0.2, 0) is 0 Å². The molecule has 0 spiro atoms. The van der Waals surface area contributed by atoms with Crippen molar-refractivity contribution in [2.75, 3.05) is 6.54 Å². The van der Waals surface area contributed by atoms with E-state index in [0.717, 1.165) is 5.56 Å². The Hall–Kier alpha value is -2.46. The number of hydrogen-bond donors (Lipinski definition) is 2. The molecule has 2 aromatic carbocycles. The van der Waals surface area contributed by atoms with Crippen LogP contribution in [0.4, 0.5) is 0 Å². The van der Waals surface area contributed by atoms with Gasteiger partial charge in [0.05, 0.1) is 11.7 Å². The first kappa shape index (κ1) is 17.9. The molecule has 2 aromatic rings. The van der Waals surface area contributed by atoms with E-state index in [0.29, 0.717) is 36.1 Å². The van der Waals surface area contributed by atoms with Crippen LogP contribution in [0.15, 0.2) is 48.5 Å². The van der Waals surface area contributed by atoms with Gasteiger partial charge in [-0.05, 0) is 25.8 Å². The predicted octanol–water partition coefficient (Wildman–Crippen LogP) is 3.12. The highest BCUT2D eigenvalue weighted by Crippen LogP contribution is 2.15. The van der Waals surface area contributed by atoms with E-state index in [9.17, 15) is 14.7 Å². The summed E-state index contributed by atoms with van der Waals surface area (Å²) < 4.78 is 0. The number of carbonyl (C=O) groups excluding carboxylic acids is 2. The summed E-state index contributed by atoms with van der Waals surface area (Å²) in [5, 5.41) is 12.3. The quantitative estimate of drug-likeness (QED) is 0.769. The summed E-state index contributed by atoms with van der Waals surface area (Å²) in [6, 6.07) is 14.1. The summed E-state index contributed by atoms with van der Waals surface area (Å²) in [4.78, 5) is 25.1. The fourth-order valence-electron chi connectivity index (χ4n) is 2.39. The molecule has 1 unspecified atom stereocenters. The molecule has 1 atom stereocenters. The number of nitrogens with one attached hydrogen (secondary N) is 1. The summed E-state index contributed by atoms with van der Waals surface area (Å²) in [7, 11) is 0. The van der Waals surface area contributed by atoms with E-state index in [-0.39, 0.29) is 11.7 Å². The van der Waals surface area contributed by atoms with Crippen molar-refractivity contribution in [1.29, 1.82) is 0 Å². The Labute approximate surface area is 142 Å². The molecule has 2 N–H and O–H groups in total. The lowest BCUT2D eigenvalue weighted by atomic mass is 9.97. The van der Waals surface area contributed by atoms with Gasteiger partial charge in [0.2, 0.25) is 0 Å².